The van der Waals surface area contributed by atoms with Crippen LogP contribution in [-0.4, -0.2) is 16.3 Å². The molecule has 13 heavy (non-hydrogen) atoms. The molecule has 72 valence electrons. The molecule has 0 saturated heterocycles. The molecule has 1 aromatic rings. The zero-order valence-electron chi connectivity index (χ0n) is 8.16. The zero-order valence-corrected chi connectivity index (χ0v) is 8.16. The third-order valence-corrected chi connectivity index (χ3v) is 2.63. The molecule has 0 spiro atoms. The second-order valence-electron chi connectivity index (χ2n) is 3.72. The fourth-order valence-electron chi connectivity index (χ4n) is 1.55. The normalized spacial score (nSPS) is 17.0. The van der Waals surface area contributed by atoms with Crippen LogP contribution in [-0.2, 0) is 0 Å². The largest absolute Gasteiger partial charge is 0.383 e. The van der Waals surface area contributed by atoms with Crippen molar-refractivity contribution in [2.45, 2.75) is 38.6 Å². The van der Waals surface area contributed by atoms with Crippen LogP contribution in [0.25, 0.3) is 0 Å². The van der Waals surface area contributed by atoms with Gasteiger partial charge in [-0.1, -0.05) is 6.92 Å². The predicted octanol–water partition coefficient (Wildman–Crippen LogP) is 2.43. The lowest BCUT2D eigenvalue weighted by atomic mass is 9.93. The van der Waals surface area contributed by atoms with E-state index in [1.54, 1.807) is 0 Å². The Morgan fingerprint density at radius 2 is 2.46 bits per heavy atom. The molecular weight excluding hydrogens is 162 g/mol. The summed E-state index contributed by atoms with van der Waals surface area (Å²) in [5, 5.41) is 7.68. The summed E-state index contributed by atoms with van der Waals surface area (Å²) >= 11 is 0. The molecule has 0 unspecified atom stereocenters. The molecule has 1 aliphatic carbocycles. The maximum atomic E-state index is 4.35. The summed E-state index contributed by atoms with van der Waals surface area (Å²) in [6.45, 7) is 3.21. The number of nitrogens with zero attached hydrogens (tertiary/aromatic N) is 2. The Kier molecular flexibility index (Phi) is 2.52. The van der Waals surface area contributed by atoms with E-state index in [-0.39, 0.29) is 0 Å². The quantitative estimate of drug-likeness (QED) is 0.769. The van der Waals surface area contributed by atoms with Gasteiger partial charge in [-0.3, -0.25) is 4.68 Å². The first kappa shape index (κ1) is 8.60. The molecule has 0 aliphatic heterocycles. The minimum absolute atomic E-state index is 0.678. The summed E-state index contributed by atoms with van der Waals surface area (Å²) in [5.41, 5.74) is 1.16. The lowest BCUT2D eigenvalue weighted by molar-refractivity contribution is 0.289. The van der Waals surface area contributed by atoms with Crippen molar-refractivity contribution >= 4 is 5.69 Å². The molecular formula is C10H17N3. The topological polar surface area (TPSA) is 29.9 Å². The van der Waals surface area contributed by atoms with Gasteiger partial charge in [0.25, 0.3) is 0 Å². The van der Waals surface area contributed by atoms with Gasteiger partial charge in [0.1, 0.15) is 0 Å². The van der Waals surface area contributed by atoms with Crippen LogP contribution in [0.1, 0.15) is 38.6 Å². The summed E-state index contributed by atoms with van der Waals surface area (Å²) in [4.78, 5) is 0. The van der Waals surface area contributed by atoms with E-state index in [4.69, 9.17) is 0 Å². The average Bonchev–Trinajstić information content (AvgIpc) is 2.46. The van der Waals surface area contributed by atoms with Gasteiger partial charge in [0, 0.05) is 12.7 Å². The minimum Gasteiger partial charge on any atom is -0.383 e. The van der Waals surface area contributed by atoms with Crippen LogP contribution in [0.2, 0.25) is 0 Å². The molecule has 1 N–H and O–H groups in total. The molecule has 0 amide bonds. The molecule has 3 nitrogen and oxygen atoms in total. The van der Waals surface area contributed by atoms with Gasteiger partial charge >= 0.3 is 0 Å². The maximum absolute atomic E-state index is 4.35. The third kappa shape index (κ3) is 1.85. The van der Waals surface area contributed by atoms with E-state index in [0.717, 1.165) is 18.7 Å². The van der Waals surface area contributed by atoms with Crippen molar-refractivity contribution in [1.82, 2.24) is 9.78 Å². The van der Waals surface area contributed by atoms with Gasteiger partial charge in [0.15, 0.2) is 0 Å². The number of hydrogen-bond donors (Lipinski definition) is 1. The van der Waals surface area contributed by atoms with E-state index in [2.05, 4.69) is 28.2 Å². The Balaban J connectivity index is 1.92. The van der Waals surface area contributed by atoms with Gasteiger partial charge in [-0.25, -0.2) is 0 Å². The van der Waals surface area contributed by atoms with Gasteiger partial charge in [-0.05, 0) is 25.7 Å². The van der Waals surface area contributed by atoms with Crippen LogP contribution >= 0.6 is 0 Å². The number of anilines is 1. The SMILES string of the molecule is CCCNc1cnn(C2CCC2)c1. The van der Waals surface area contributed by atoms with E-state index in [1.807, 2.05) is 6.20 Å². The second-order valence-corrected chi connectivity index (χ2v) is 3.72. The Morgan fingerprint density at radius 3 is 3.08 bits per heavy atom. The van der Waals surface area contributed by atoms with Crippen molar-refractivity contribution in [2.75, 3.05) is 11.9 Å². The molecule has 1 saturated carbocycles. The lowest BCUT2D eigenvalue weighted by Gasteiger charge is -2.25. The van der Waals surface area contributed by atoms with Crippen molar-refractivity contribution in [3.63, 3.8) is 0 Å². The van der Waals surface area contributed by atoms with E-state index in [0.29, 0.717) is 6.04 Å². The van der Waals surface area contributed by atoms with Gasteiger partial charge in [0.2, 0.25) is 0 Å². The van der Waals surface area contributed by atoms with E-state index in [9.17, 15) is 0 Å². The molecule has 1 fully saturated rings. The number of rotatable bonds is 4. The smallest absolute Gasteiger partial charge is 0.0726 e. The first-order chi connectivity index (χ1) is 6.40. The summed E-state index contributed by atoms with van der Waals surface area (Å²) < 4.78 is 2.10. The monoisotopic (exact) mass is 179 g/mol. The molecule has 2 rings (SSSR count). The van der Waals surface area contributed by atoms with E-state index < -0.39 is 0 Å². The average molecular weight is 179 g/mol. The van der Waals surface area contributed by atoms with Crippen molar-refractivity contribution in [1.29, 1.82) is 0 Å². The highest BCUT2D eigenvalue weighted by Gasteiger charge is 2.19. The predicted molar refractivity (Wildman–Crippen MR) is 53.9 cm³/mol. The first-order valence-electron chi connectivity index (χ1n) is 5.18. The highest BCUT2D eigenvalue weighted by molar-refractivity contribution is 5.38. The van der Waals surface area contributed by atoms with E-state index in [1.165, 1.54) is 19.3 Å². The van der Waals surface area contributed by atoms with Crippen LogP contribution in [0.4, 0.5) is 5.69 Å². The van der Waals surface area contributed by atoms with Gasteiger partial charge < -0.3 is 5.32 Å². The summed E-state index contributed by atoms with van der Waals surface area (Å²) in [7, 11) is 0. The van der Waals surface area contributed by atoms with Crippen LogP contribution in [0, 0.1) is 0 Å². The first-order valence-corrected chi connectivity index (χ1v) is 5.18. The van der Waals surface area contributed by atoms with Crippen LogP contribution in [0.3, 0.4) is 0 Å². The van der Waals surface area contributed by atoms with E-state index >= 15 is 0 Å². The minimum atomic E-state index is 0.678. The Morgan fingerprint density at radius 1 is 1.62 bits per heavy atom. The maximum Gasteiger partial charge on any atom is 0.0726 e. The number of hydrogen-bond acceptors (Lipinski definition) is 2. The lowest BCUT2D eigenvalue weighted by Crippen LogP contribution is -2.17. The summed E-state index contributed by atoms with van der Waals surface area (Å²) in [5.74, 6) is 0. The van der Waals surface area contributed by atoms with Gasteiger partial charge in [-0.15, -0.1) is 0 Å². The third-order valence-electron chi connectivity index (χ3n) is 2.63. The highest BCUT2D eigenvalue weighted by Crippen LogP contribution is 2.31. The molecule has 0 aromatic carbocycles. The second kappa shape index (κ2) is 3.81. The van der Waals surface area contributed by atoms with Gasteiger partial charge in [-0.2, -0.15) is 5.10 Å². The van der Waals surface area contributed by atoms with Crippen molar-refractivity contribution < 1.29 is 0 Å². The number of aromatic nitrogens is 2. The molecule has 1 aliphatic rings. The van der Waals surface area contributed by atoms with Crippen LogP contribution in [0.5, 0.6) is 0 Å². The molecule has 1 aromatic heterocycles. The van der Waals surface area contributed by atoms with Crippen molar-refractivity contribution in [3.05, 3.63) is 12.4 Å². The standard InChI is InChI=1S/C10H17N3/c1-2-6-11-9-7-12-13(8-9)10-4-3-5-10/h7-8,10-11H,2-6H2,1H3. The summed E-state index contributed by atoms with van der Waals surface area (Å²) in [6.07, 6.45) is 9.17. The summed E-state index contributed by atoms with van der Waals surface area (Å²) in [6, 6.07) is 0.678. The van der Waals surface area contributed by atoms with Crippen molar-refractivity contribution in [3.8, 4) is 0 Å². The molecule has 1 heterocycles. The fourth-order valence-corrected chi connectivity index (χ4v) is 1.55. The molecule has 0 radical (unpaired) electrons. The highest BCUT2D eigenvalue weighted by atomic mass is 15.3. The van der Waals surface area contributed by atoms with Crippen LogP contribution in [0.15, 0.2) is 12.4 Å². The fraction of sp³-hybridized carbons (Fsp3) is 0.700. The Bertz CT molecular complexity index is 263. The zero-order chi connectivity index (χ0) is 9.10. The number of nitrogens with one attached hydrogen (secondary N) is 1. The molecule has 0 bridgehead atoms. The molecule has 3 heteroatoms. The van der Waals surface area contributed by atoms with Gasteiger partial charge in [0.05, 0.1) is 17.9 Å². The van der Waals surface area contributed by atoms with Crippen molar-refractivity contribution in [2.24, 2.45) is 0 Å². The van der Waals surface area contributed by atoms with Crippen LogP contribution < -0.4 is 5.32 Å². The Hall–Kier alpha value is -0.990. The Labute approximate surface area is 79.1 Å². The molecule has 0 atom stereocenters.